The van der Waals surface area contributed by atoms with Gasteiger partial charge in [0.2, 0.25) is 0 Å². The first-order valence-electron chi connectivity index (χ1n) is 13.8. The van der Waals surface area contributed by atoms with Crippen LogP contribution >= 0.6 is 0 Å². The second kappa shape index (κ2) is 8.15. The summed E-state index contributed by atoms with van der Waals surface area (Å²) < 4.78 is 0. The lowest BCUT2D eigenvalue weighted by molar-refractivity contribution is -0.172. The Balaban J connectivity index is 1.64. The third-order valence-corrected chi connectivity index (χ3v) is 12.1. The van der Waals surface area contributed by atoms with Crippen molar-refractivity contribution in [3.8, 4) is 0 Å². The Kier molecular flexibility index (Phi) is 6.32. The van der Waals surface area contributed by atoms with Gasteiger partial charge in [0.15, 0.2) is 0 Å². The van der Waals surface area contributed by atoms with E-state index in [1.54, 1.807) is 13.8 Å². The number of Topliss-reactive ketones (excluding diaryl/α,β-unsaturated/α-hetero) is 1. The molecule has 0 amide bonds. The molecule has 0 aromatic carbocycles. The summed E-state index contributed by atoms with van der Waals surface area (Å²) in [7, 11) is 0. The molecule has 0 spiro atoms. The Morgan fingerprint density at radius 3 is 2.32 bits per heavy atom. The van der Waals surface area contributed by atoms with E-state index in [0.717, 1.165) is 38.5 Å². The van der Waals surface area contributed by atoms with Gasteiger partial charge >= 0.3 is 0 Å². The highest BCUT2D eigenvalue weighted by Crippen LogP contribution is 2.74. The maximum Gasteiger partial charge on any atom is 0.140 e. The first-order chi connectivity index (χ1) is 15.5. The molecule has 34 heavy (non-hydrogen) atoms. The van der Waals surface area contributed by atoms with Gasteiger partial charge in [-0.05, 0) is 93.3 Å². The molecular formula is C30H50O4. The van der Waals surface area contributed by atoms with Crippen molar-refractivity contribution in [1.82, 2.24) is 0 Å². The minimum atomic E-state index is -1.08. The smallest absolute Gasteiger partial charge is 0.140 e. The average molecular weight is 475 g/mol. The lowest BCUT2D eigenvalue weighted by Crippen LogP contribution is -2.63. The second-order valence-corrected chi connectivity index (χ2v) is 14.4. The van der Waals surface area contributed by atoms with Gasteiger partial charge in [0, 0.05) is 17.3 Å². The predicted octanol–water partition coefficient (Wildman–Crippen LogP) is 5.68. The van der Waals surface area contributed by atoms with E-state index in [1.165, 1.54) is 5.57 Å². The zero-order valence-electron chi connectivity index (χ0n) is 22.9. The van der Waals surface area contributed by atoms with Gasteiger partial charge < -0.3 is 15.3 Å². The minimum Gasteiger partial charge on any atom is -0.392 e. The normalized spacial score (nSPS) is 45.6. The van der Waals surface area contributed by atoms with Crippen molar-refractivity contribution in [2.75, 3.05) is 0 Å². The molecule has 0 aromatic heterocycles. The summed E-state index contributed by atoms with van der Waals surface area (Å²) in [5, 5.41) is 31.3. The van der Waals surface area contributed by atoms with Crippen molar-refractivity contribution < 1.29 is 20.1 Å². The molecule has 0 saturated heterocycles. The molecule has 0 heterocycles. The summed E-state index contributed by atoms with van der Waals surface area (Å²) in [6, 6.07) is 0. The third-order valence-electron chi connectivity index (χ3n) is 12.1. The van der Waals surface area contributed by atoms with Crippen LogP contribution in [-0.2, 0) is 4.79 Å². The number of hydrogen-bond acceptors (Lipinski definition) is 4. The molecule has 0 bridgehead atoms. The van der Waals surface area contributed by atoms with Gasteiger partial charge in [0.05, 0.1) is 17.8 Å². The van der Waals surface area contributed by atoms with Crippen molar-refractivity contribution in [2.24, 2.45) is 45.3 Å². The maximum absolute atomic E-state index is 14.2. The number of aliphatic hydroxyl groups excluding tert-OH is 2. The highest BCUT2D eigenvalue weighted by atomic mass is 16.3. The van der Waals surface area contributed by atoms with Gasteiger partial charge in [-0.25, -0.2) is 0 Å². The fourth-order valence-electron chi connectivity index (χ4n) is 9.35. The minimum absolute atomic E-state index is 0.0393. The van der Waals surface area contributed by atoms with Crippen LogP contribution in [0.5, 0.6) is 0 Å². The molecular weight excluding hydrogens is 424 g/mol. The third kappa shape index (κ3) is 3.52. The van der Waals surface area contributed by atoms with Crippen LogP contribution in [0.4, 0.5) is 0 Å². The van der Waals surface area contributed by atoms with Gasteiger partial charge in [-0.3, -0.25) is 4.79 Å². The Bertz CT molecular complexity index is 852. The van der Waals surface area contributed by atoms with Crippen molar-refractivity contribution in [3.05, 3.63) is 11.6 Å². The van der Waals surface area contributed by atoms with Crippen LogP contribution in [0, 0.1) is 45.3 Å². The van der Waals surface area contributed by atoms with E-state index in [2.05, 4.69) is 47.6 Å². The van der Waals surface area contributed by atoms with Crippen molar-refractivity contribution >= 4 is 5.78 Å². The number of ketones is 1. The zero-order valence-corrected chi connectivity index (χ0v) is 22.9. The maximum atomic E-state index is 14.2. The molecule has 4 nitrogen and oxygen atoms in total. The van der Waals surface area contributed by atoms with Crippen LogP contribution in [0.15, 0.2) is 11.6 Å². The lowest BCUT2D eigenvalue weighted by Gasteiger charge is -2.64. The zero-order chi connectivity index (χ0) is 25.5. The molecule has 0 aliphatic heterocycles. The van der Waals surface area contributed by atoms with E-state index in [-0.39, 0.29) is 33.7 Å². The van der Waals surface area contributed by atoms with Crippen molar-refractivity contribution in [3.63, 3.8) is 0 Å². The molecule has 3 fully saturated rings. The van der Waals surface area contributed by atoms with E-state index >= 15 is 0 Å². The van der Waals surface area contributed by atoms with E-state index in [1.807, 2.05) is 0 Å². The number of rotatable bonds is 5. The SMILES string of the molecule is C[C@@H](CC[C@H](O)C(C)(C)O)[C@H]1CC[C@@]2(C)[C@H]3CC=C4[C@@H](CC[C@H](O)C4(C)C)[C@]3(C)C(=O)C[C@]12C. The molecule has 4 aliphatic carbocycles. The van der Waals surface area contributed by atoms with Crippen LogP contribution in [0.25, 0.3) is 0 Å². The number of fused-ring (bicyclic) bond motifs is 5. The fraction of sp³-hybridized carbons (Fsp3) is 0.900. The Morgan fingerprint density at radius 2 is 1.71 bits per heavy atom. The summed E-state index contributed by atoms with van der Waals surface area (Å²) in [6.45, 7) is 17.1. The standard InChI is InChI=1S/C30H50O4/c1-18(9-13-24(32)27(4,5)34)19-15-16-28(6)22-12-10-20-21(11-14-23(31)26(20,2)3)30(22,8)25(33)17-29(19,28)7/h10,18-19,21-24,31-32,34H,9,11-17H2,1-8H3/t18-,19+,21+,22+,23-,24-,28-,29+,30-/m0/s1. The van der Waals surface area contributed by atoms with E-state index in [4.69, 9.17) is 0 Å². The Morgan fingerprint density at radius 1 is 1.06 bits per heavy atom. The summed E-state index contributed by atoms with van der Waals surface area (Å²) in [5.74, 6) is 1.88. The summed E-state index contributed by atoms with van der Waals surface area (Å²) in [4.78, 5) is 14.2. The molecule has 194 valence electrons. The van der Waals surface area contributed by atoms with Crippen LogP contribution in [0.2, 0.25) is 0 Å². The van der Waals surface area contributed by atoms with Crippen LogP contribution in [0.3, 0.4) is 0 Å². The van der Waals surface area contributed by atoms with Gasteiger partial charge in [-0.2, -0.15) is 0 Å². The summed E-state index contributed by atoms with van der Waals surface area (Å²) in [5.41, 5.74) is -0.287. The number of carbonyl (C=O) groups is 1. The number of carbonyl (C=O) groups excluding carboxylic acids is 1. The Hall–Kier alpha value is -0.710. The number of aliphatic hydroxyl groups is 3. The summed E-state index contributed by atoms with van der Waals surface area (Å²) >= 11 is 0. The van der Waals surface area contributed by atoms with E-state index in [0.29, 0.717) is 36.4 Å². The van der Waals surface area contributed by atoms with Crippen LogP contribution in [-0.4, -0.2) is 38.9 Å². The molecule has 4 rings (SSSR count). The number of allylic oxidation sites excluding steroid dienone is 1. The van der Waals surface area contributed by atoms with Gasteiger partial charge in [-0.1, -0.05) is 53.2 Å². The van der Waals surface area contributed by atoms with E-state index < -0.39 is 11.7 Å². The van der Waals surface area contributed by atoms with Gasteiger partial charge in [0.1, 0.15) is 5.78 Å². The van der Waals surface area contributed by atoms with Gasteiger partial charge in [0.25, 0.3) is 0 Å². The first kappa shape index (κ1) is 26.4. The average Bonchev–Trinajstić information content (AvgIpc) is 2.99. The molecule has 9 atom stereocenters. The lowest BCUT2D eigenvalue weighted by atomic mass is 9.38. The Labute approximate surface area is 207 Å². The topological polar surface area (TPSA) is 77.8 Å². The second-order valence-electron chi connectivity index (χ2n) is 14.4. The quantitative estimate of drug-likeness (QED) is 0.448. The highest BCUT2D eigenvalue weighted by Gasteiger charge is 2.70. The van der Waals surface area contributed by atoms with Crippen LogP contribution < -0.4 is 0 Å². The van der Waals surface area contributed by atoms with E-state index in [9.17, 15) is 20.1 Å². The van der Waals surface area contributed by atoms with Crippen LogP contribution in [0.1, 0.15) is 107 Å². The molecule has 3 N–H and O–H groups in total. The number of hydrogen-bond donors (Lipinski definition) is 3. The molecule has 4 heteroatoms. The summed E-state index contributed by atoms with van der Waals surface area (Å²) in [6.07, 6.45) is 8.40. The van der Waals surface area contributed by atoms with Crippen molar-refractivity contribution in [2.45, 2.75) is 125 Å². The monoisotopic (exact) mass is 474 g/mol. The molecule has 0 aromatic rings. The predicted molar refractivity (Wildman–Crippen MR) is 136 cm³/mol. The molecule has 0 unspecified atom stereocenters. The molecule has 4 aliphatic rings. The highest BCUT2D eigenvalue weighted by molar-refractivity contribution is 5.88. The van der Waals surface area contributed by atoms with Gasteiger partial charge in [-0.15, -0.1) is 0 Å². The fourth-order valence-corrected chi connectivity index (χ4v) is 9.35. The first-order valence-corrected chi connectivity index (χ1v) is 13.8. The van der Waals surface area contributed by atoms with Crippen molar-refractivity contribution in [1.29, 1.82) is 0 Å². The molecule has 0 radical (unpaired) electrons. The molecule has 3 saturated carbocycles. The largest absolute Gasteiger partial charge is 0.392 e.